The minimum Gasteiger partial charge on any atom is -0.870 e. The zero-order valence-corrected chi connectivity index (χ0v) is 25.7. The number of nitrogens with zero attached hydrogens (tertiary/aromatic N) is 8. The first kappa shape index (κ1) is 34.5. The monoisotopic (exact) mass is 637 g/mol. The predicted octanol–water partition coefficient (Wildman–Crippen LogP) is -2.22. The number of terminal acetylenes is 2. The number of halogens is 2. The van der Waals surface area contributed by atoms with E-state index in [-0.39, 0.29) is 82.2 Å². The van der Waals surface area contributed by atoms with Gasteiger partial charge in [0.2, 0.25) is 0 Å². The molecule has 6 heterocycles. The van der Waals surface area contributed by atoms with E-state index in [9.17, 15) is 18.5 Å². The molecule has 5 atom stereocenters. The van der Waals surface area contributed by atoms with E-state index in [4.69, 9.17) is 38.3 Å². The van der Waals surface area contributed by atoms with Crippen molar-refractivity contribution < 1.29 is 67.5 Å². The second kappa shape index (κ2) is 13.8. The van der Waals surface area contributed by atoms with E-state index in [2.05, 4.69) is 41.7 Å². The summed E-state index contributed by atoms with van der Waals surface area (Å²) < 4.78 is 56.1. The van der Waals surface area contributed by atoms with Crippen LogP contribution in [0.2, 0.25) is 0 Å². The van der Waals surface area contributed by atoms with Crippen molar-refractivity contribution in [1.29, 1.82) is 0 Å². The minimum absolute atomic E-state index is 0. The Bertz CT molecular complexity index is 1840. The molecule has 0 amide bonds. The third kappa shape index (κ3) is 6.44. The smallest absolute Gasteiger partial charge is 0.870 e. The number of aromatic nitrogens is 8. The number of ether oxygens (including phenoxy) is 2. The van der Waals surface area contributed by atoms with Gasteiger partial charge < -0.3 is 31.5 Å². The Kier molecular flexibility index (Phi) is 10.8. The Hall–Kier alpha value is -3.94. The van der Waals surface area contributed by atoms with Crippen LogP contribution in [0.25, 0.3) is 22.3 Å². The largest absolute Gasteiger partial charge is 1.00 e. The van der Waals surface area contributed by atoms with Crippen molar-refractivity contribution in [3.63, 3.8) is 0 Å². The van der Waals surface area contributed by atoms with Crippen LogP contribution < -0.4 is 41.0 Å². The van der Waals surface area contributed by atoms with Crippen molar-refractivity contribution in [2.75, 3.05) is 24.7 Å². The van der Waals surface area contributed by atoms with Crippen molar-refractivity contribution in [1.82, 2.24) is 39.0 Å². The van der Waals surface area contributed by atoms with Crippen LogP contribution in [-0.4, -0.2) is 74.0 Å². The van der Waals surface area contributed by atoms with Gasteiger partial charge in [-0.25, -0.2) is 9.97 Å². The number of aliphatic hydroxyl groups excluding tert-OH is 1. The fraction of sp³-hybridized carbons (Fsp3) is 0.250. The number of anilines is 2. The zero-order valence-electron chi connectivity index (χ0n) is 22.7. The third-order valence-corrected chi connectivity index (χ3v) is 6.44. The summed E-state index contributed by atoms with van der Waals surface area (Å²) in [5, 5.41) is 9.28. The molecule has 222 valence electrons. The number of imidazole rings is 2. The van der Waals surface area contributed by atoms with Gasteiger partial charge in [0.25, 0.3) is 0 Å². The van der Waals surface area contributed by atoms with Crippen molar-refractivity contribution >= 4 is 42.7 Å². The average molecular weight is 637 g/mol. The van der Waals surface area contributed by atoms with Gasteiger partial charge in [-0.05, 0) is 28.9 Å². The Morgan fingerprint density at radius 2 is 1.39 bits per heavy atom. The number of fused-ring (bicyclic) bond motifs is 2. The van der Waals surface area contributed by atoms with Gasteiger partial charge in [0, 0.05) is 0 Å². The van der Waals surface area contributed by atoms with E-state index < -0.39 is 44.5 Å². The van der Waals surface area contributed by atoms with Crippen molar-refractivity contribution in [2.45, 2.75) is 23.7 Å². The van der Waals surface area contributed by atoms with Crippen molar-refractivity contribution in [3.05, 3.63) is 49.1 Å². The standard InChI is InChI=1S/C12H10FN5O3P.C12H10FN5O2.Na.H2O/c1-2-12(5-20-22-19)4-3-7(21-12)18-6-15-8-9(14)16-11(13)17-10(8)18;1-2-12(5-19)4-3-7(20-12)18-6-15-8-9(14)16-11(13)17-10(8)18;;/h1,3-4,6-7,22H,5H2,(H2,14,16,17);1,3-4,6-7,19H,5H2,(H2,14,16,17);;1H2/q+1;;+1;/p-1/t2*7-,12+;;/m11../s1. The molecule has 16 nitrogen and oxygen atoms in total. The summed E-state index contributed by atoms with van der Waals surface area (Å²) in [6.45, 7) is -0.439. The molecule has 1 unspecified atom stereocenters. The van der Waals surface area contributed by atoms with E-state index in [0.29, 0.717) is 0 Å². The Labute approximate surface area is 270 Å². The van der Waals surface area contributed by atoms with Gasteiger partial charge >= 0.3 is 50.4 Å². The Morgan fingerprint density at radius 3 is 1.80 bits per heavy atom. The second-order valence-electron chi connectivity index (χ2n) is 8.74. The van der Waals surface area contributed by atoms with E-state index in [0.717, 1.165) is 0 Å². The Balaban J connectivity index is 0.000000231. The van der Waals surface area contributed by atoms with Crippen LogP contribution in [0.15, 0.2) is 37.0 Å². The number of rotatable bonds is 6. The van der Waals surface area contributed by atoms with E-state index in [1.54, 1.807) is 24.3 Å². The normalized spacial score (nSPS) is 23.5. The van der Waals surface area contributed by atoms with Crippen molar-refractivity contribution in [2.24, 2.45) is 0 Å². The van der Waals surface area contributed by atoms with Gasteiger partial charge in [-0.3, -0.25) is 9.13 Å². The molecule has 0 aliphatic carbocycles. The molecular formula is C24H21F2N10NaO6P+. The van der Waals surface area contributed by atoms with Gasteiger partial charge in [0.05, 0.1) is 19.3 Å². The summed E-state index contributed by atoms with van der Waals surface area (Å²) in [6.07, 6.45) is 16.8. The number of hydrogen-bond donors (Lipinski definition) is 3. The molecule has 44 heavy (non-hydrogen) atoms. The first-order chi connectivity index (χ1) is 20.2. The van der Waals surface area contributed by atoms with Gasteiger partial charge in [-0.1, -0.05) is 11.8 Å². The topological polar surface area (TPSA) is 234 Å². The predicted molar refractivity (Wildman–Crippen MR) is 145 cm³/mol. The number of hydrogen-bond acceptors (Lipinski definition) is 14. The molecule has 0 bridgehead atoms. The first-order valence-electron chi connectivity index (χ1n) is 11.8. The maximum atomic E-state index is 13.3. The van der Waals surface area contributed by atoms with Crippen molar-refractivity contribution in [3.8, 4) is 24.7 Å². The summed E-state index contributed by atoms with van der Waals surface area (Å²) in [4.78, 5) is 22.2. The quantitative estimate of drug-likeness (QED) is 0.0669. The van der Waals surface area contributed by atoms with Crippen LogP contribution in [0.1, 0.15) is 12.5 Å². The van der Waals surface area contributed by atoms with Gasteiger partial charge in [0.1, 0.15) is 6.61 Å². The van der Waals surface area contributed by atoms with Crippen LogP contribution in [0.4, 0.5) is 20.4 Å². The summed E-state index contributed by atoms with van der Waals surface area (Å²) in [5.74, 6) is 4.68. The van der Waals surface area contributed by atoms with Gasteiger partial charge in [-0.15, -0.1) is 17.4 Å². The summed E-state index contributed by atoms with van der Waals surface area (Å²) in [6, 6.07) is 0. The van der Waals surface area contributed by atoms with Crippen LogP contribution in [0.3, 0.4) is 0 Å². The Morgan fingerprint density at radius 1 is 0.932 bits per heavy atom. The number of nitrogens with two attached hydrogens (primary N) is 2. The van der Waals surface area contributed by atoms with Crippen LogP contribution in [0.5, 0.6) is 0 Å². The summed E-state index contributed by atoms with van der Waals surface area (Å²) in [5.41, 5.74) is 9.72. The SMILES string of the molecule is C#C[C@@]1(CO)C=C[C@H](n2cnc3c(N)nc(F)nc32)O1.C#C[C@@]1(CO[PH+]=O)C=C[C@H](n2cnc3c(N)nc(F)nc32)O1.[Na+].[OH-]. The third-order valence-electron chi connectivity index (χ3n) is 6.18. The summed E-state index contributed by atoms with van der Waals surface area (Å²) in [7, 11) is -0.951. The van der Waals surface area contributed by atoms with Crippen LogP contribution >= 0.6 is 8.69 Å². The van der Waals surface area contributed by atoms with Gasteiger partial charge in [0.15, 0.2) is 57.6 Å². The molecule has 0 fully saturated rings. The molecule has 4 aromatic rings. The first-order valence-corrected chi connectivity index (χ1v) is 12.6. The number of nitrogen functional groups attached to an aromatic ring is 2. The second-order valence-corrected chi connectivity index (χ2v) is 9.19. The van der Waals surface area contributed by atoms with E-state index >= 15 is 0 Å². The zero-order chi connectivity index (χ0) is 30.1. The average Bonchev–Trinajstić information content (AvgIpc) is 3.77. The molecule has 6 rings (SSSR count). The van der Waals surface area contributed by atoms with E-state index in [1.807, 2.05) is 0 Å². The maximum absolute atomic E-state index is 13.3. The van der Waals surface area contributed by atoms with Crippen LogP contribution in [0, 0.1) is 36.8 Å². The fourth-order valence-electron chi connectivity index (χ4n) is 4.12. The molecule has 0 saturated carbocycles. The molecule has 20 heteroatoms. The molecule has 2 aliphatic heterocycles. The molecule has 0 aromatic carbocycles. The minimum atomic E-state index is -1.20. The molecule has 6 N–H and O–H groups in total. The molecule has 0 saturated heterocycles. The maximum Gasteiger partial charge on any atom is 1.00 e. The summed E-state index contributed by atoms with van der Waals surface area (Å²) >= 11 is 0. The van der Waals surface area contributed by atoms with Gasteiger partial charge in [-0.2, -0.15) is 28.7 Å². The fourth-order valence-corrected chi connectivity index (χ4v) is 4.39. The molecule has 4 aromatic heterocycles. The van der Waals surface area contributed by atoms with Crippen LogP contribution in [-0.2, 0) is 18.6 Å². The molecule has 0 radical (unpaired) electrons. The van der Waals surface area contributed by atoms with E-state index in [1.165, 1.54) is 21.8 Å². The molecule has 2 aliphatic rings. The number of aliphatic hydroxyl groups is 1. The molecule has 0 spiro atoms. The molecular weight excluding hydrogens is 616 g/mol.